The second-order valence-corrected chi connectivity index (χ2v) is 15.2. The zero-order valence-electron chi connectivity index (χ0n) is 25.7. The van der Waals surface area contributed by atoms with Crippen LogP contribution >= 0.6 is 0 Å². The molecule has 0 spiro atoms. The third-order valence-corrected chi connectivity index (χ3v) is 12.7. The first-order valence-electron chi connectivity index (χ1n) is 16.1. The Morgan fingerprint density at radius 3 is 2.54 bits per heavy atom. The van der Waals surface area contributed by atoms with Gasteiger partial charge < -0.3 is 16.6 Å². The molecular weight excluding hydrogens is 476 g/mol. The minimum absolute atomic E-state index is 0.165. The van der Waals surface area contributed by atoms with E-state index in [4.69, 9.17) is 11.5 Å². The van der Waals surface area contributed by atoms with Gasteiger partial charge in [-0.15, -0.1) is 0 Å². The normalized spacial score (nSPS) is 40.5. The first-order valence-corrected chi connectivity index (χ1v) is 16.1. The summed E-state index contributed by atoms with van der Waals surface area (Å²) in [5.41, 5.74) is 18.4. The van der Waals surface area contributed by atoms with E-state index < -0.39 is 0 Å². The predicted octanol–water partition coefficient (Wildman–Crippen LogP) is 8.72. The van der Waals surface area contributed by atoms with Crippen molar-refractivity contribution in [3.05, 3.63) is 47.1 Å². The Labute approximate surface area is 238 Å². The summed E-state index contributed by atoms with van der Waals surface area (Å²) in [7, 11) is 0. The standard InChI is InChI=1S/C36H56N2O/c1-23(2)9-7-10-24(3)28-15-16-30-27-14-17-32-35(5,29(27)11-8-19-34(28,30)4)20-18-33(39)36(32,6)22-25-12-13-26(37)21-31(25)38/h9,12-13,17,21,24,27-30,33,39H,7-8,10-11,14-16,18-20,22,37-38H2,1-6H3. The number of hydrogen-bond acceptors (Lipinski definition) is 3. The molecule has 0 aromatic heterocycles. The number of fused-ring (bicyclic) bond motifs is 5. The largest absolute Gasteiger partial charge is 0.399 e. The average molecular weight is 533 g/mol. The van der Waals surface area contributed by atoms with Gasteiger partial charge in [-0.25, -0.2) is 0 Å². The van der Waals surface area contributed by atoms with Crippen molar-refractivity contribution in [2.45, 2.75) is 118 Å². The molecule has 0 radical (unpaired) electrons. The second kappa shape index (κ2) is 10.6. The van der Waals surface area contributed by atoms with Crippen LogP contribution in [0.3, 0.4) is 0 Å². The van der Waals surface area contributed by atoms with E-state index in [0.29, 0.717) is 11.1 Å². The lowest BCUT2D eigenvalue weighted by Crippen LogP contribution is -2.53. The zero-order valence-corrected chi connectivity index (χ0v) is 25.7. The van der Waals surface area contributed by atoms with Crippen LogP contribution in [0.25, 0.3) is 0 Å². The maximum atomic E-state index is 11.5. The van der Waals surface area contributed by atoms with Crippen LogP contribution in [-0.2, 0) is 6.42 Å². The molecule has 5 N–H and O–H groups in total. The van der Waals surface area contributed by atoms with E-state index in [9.17, 15) is 5.11 Å². The van der Waals surface area contributed by atoms with Crippen molar-refractivity contribution < 1.29 is 5.11 Å². The van der Waals surface area contributed by atoms with Crippen molar-refractivity contribution in [1.82, 2.24) is 0 Å². The van der Waals surface area contributed by atoms with Crippen LogP contribution in [0.2, 0.25) is 0 Å². The second-order valence-electron chi connectivity index (χ2n) is 15.2. The third kappa shape index (κ3) is 4.89. The summed E-state index contributed by atoms with van der Waals surface area (Å²) in [6.07, 6.45) is 18.2. The number of benzene rings is 1. The van der Waals surface area contributed by atoms with Gasteiger partial charge in [0.25, 0.3) is 0 Å². The van der Waals surface area contributed by atoms with Gasteiger partial charge in [-0.1, -0.05) is 63.5 Å². The molecule has 0 aliphatic heterocycles. The van der Waals surface area contributed by atoms with Crippen molar-refractivity contribution in [2.24, 2.45) is 45.8 Å². The lowest BCUT2D eigenvalue weighted by molar-refractivity contribution is -0.0435. The third-order valence-electron chi connectivity index (χ3n) is 12.7. The van der Waals surface area contributed by atoms with Crippen molar-refractivity contribution in [1.29, 1.82) is 0 Å². The van der Waals surface area contributed by atoms with E-state index >= 15 is 0 Å². The monoisotopic (exact) mass is 532 g/mol. The Kier molecular flexibility index (Phi) is 7.81. The van der Waals surface area contributed by atoms with Crippen molar-refractivity contribution >= 4 is 11.4 Å². The van der Waals surface area contributed by atoms with Gasteiger partial charge in [-0.3, -0.25) is 0 Å². The molecule has 9 unspecified atom stereocenters. The molecule has 5 rings (SSSR count). The van der Waals surface area contributed by atoms with Gasteiger partial charge in [0, 0.05) is 16.8 Å². The van der Waals surface area contributed by atoms with Crippen LogP contribution in [0.5, 0.6) is 0 Å². The summed E-state index contributed by atoms with van der Waals surface area (Å²) >= 11 is 0. The summed E-state index contributed by atoms with van der Waals surface area (Å²) in [5, 5.41) is 11.5. The fourth-order valence-electron chi connectivity index (χ4n) is 10.7. The van der Waals surface area contributed by atoms with Gasteiger partial charge >= 0.3 is 0 Å². The Hall–Kier alpha value is -1.74. The van der Waals surface area contributed by atoms with Crippen LogP contribution < -0.4 is 11.5 Å². The number of anilines is 2. The molecule has 216 valence electrons. The Bertz CT molecular complexity index is 1120. The van der Waals surface area contributed by atoms with E-state index in [2.05, 4.69) is 59.8 Å². The number of aliphatic hydroxyl groups is 1. The van der Waals surface area contributed by atoms with Gasteiger partial charge in [0.05, 0.1) is 6.10 Å². The number of aliphatic hydroxyl groups excluding tert-OH is 1. The fraction of sp³-hybridized carbons (Fsp3) is 0.722. The van der Waals surface area contributed by atoms with Gasteiger partial charge in [0.2, 0.25) is 0 Å². The van der Waals surface area contributed by atoms with E-state index in [1.54, 1.807) is 0 Å². The molecular formula is C36H56N2O. The van der Waals surface area contributed by atoms with E-state index in [1.807, 2.05) is 12.1 Å². The molecule has 1 aromatic rings. The number of nitrogen functional groups attached to an aromatic ring is 2. The zero-order chi connectivity index (χ0) is 28.2. The molecule has 0 bridgehead atoms. The molecule has 0 heterocycles. The van der Waals surface area contributed by atoms with Crippen LogP contribution in [0.1, 0.15) is 111 Å². The summed E-state index contributed by atoms with van der Waals surface area (Å²) in [6.45, 7) is 14.6. The molecule has 4 aliphatic rings. The number of nitrogens with two attached hydrogens (primary N) is 2. The highest BCUT2D eigenvalue weighted by atomic mass is 16.3. The molecule has 39 heavy (non-hydrogen) atoms. The summed E-state index contributed by atoms with van der Waals surface area (Å²) in [5.74, 6) is 4.00. The highest BCUT2D eigenvalue weighted by molar-refractivity contribution is 5.57. The Morgan fingerprint density at radius 2 is 1.82 bits per heavy atom. The van der Waals surface area contributed by atoms with Gasteiger partial charge in [0.15, 0.2) is 0 Å². The van der Waals surface area contributed by atoms with Crippen molar-refractivity contribution in [3.8, 4) is 0 Å². The van der Waals surface area contributed by atoms with E-state index in [1.165, 1.54) is 62.5 Å². The maximum absolute atomic E-state index is 11.5. The molecule has 0 amide bonds. The Balaban J connectivity index is 1.44. The SMILES string of the molecule is CC(C)=CCCC(C)C1CCC2C3CC=C4C(C)(Cc5ccc(N)cc5N)C(O)CCC4(C)C3CCCC12C. The first-order chi connectivity index (χ1) is 18.4. The molecule has 3 heteroatoms. The van der Waals surface area contributed by atoms with Crippen LogP contribution in [0.4, 0.5) is 11.4 Å². The van der Waals surface area contributed by atoms with Crippen LogP contribution in [0.15, 0.2) is 41.5 Å². The topological polar surface area (TPSA) is 72.3 Å². The molecule has 3 nitrogen and oxygen atoms in total. The Morgan fingerprint density at radius 1 is 1.05 bits per heavy atom. The quantitative estimate of drug-likeness (QED) is 0.253. The fourth-order valence-corrected chi connectivity index (χ4v) is 10.7. The van der Waals surface area contributed by atoms with E-state index in [0.717, 1.165) is 60.1 Å². The van der Waals surface area contributed by atoms with Gasteiger partial charge in [0.1, 0.15) is 0 Å². The average Bonchev–Trinajstić information content (AvgIpc) is 3.12. The lowest BCUT2D eigenvalue weighted by atomic mass is 9.47. The molecule has 3 fully saturated rings. The minimum Gasteiger partial charge on any atom is -0.399 e. The number of hydrogen-bond donors (Lipinski definition) is 3. The lowest BCUT2D eigenvalue weighted by Gasteiger charge is -2.58. The number of allylic oxidation sites excluding steroid dienone is 3. The maximum Gasteiger partial charge on any atom is 0.0634 e. The van der Waals surface area contributed by atoms with Crippen molar-refractivity contribution in [3.63, 3.8) is 0 Å². The smallest absolute Gasteiger partial charge is 0.0634 e. The van der Waals surface area contributed by atoms with Crippen LogP contribution in [0, 0.1) is 45.8 Å². The van der Waals surface area contributed by atoms with Crippen LogP contribution in [-0.4, -0.2) is 11.2 Å². The number of rotatable bonds is 6. The highest BCUT2D eigenvalue weighted by Crippen LogP contribution is 2.67. The minimum atomic E-state index is -0.334. The van der Waals surface area contributed by atoms with E-state index in [-0.39, 0.29) is 16.9 Å². The summed E-state index contributed by atoms with van der Waals surface area (Å²) < 4.78 is 0. The molecule has 9 atom stereocenters. The predicted molar refractivity (Wildman–Crippen MR) is 166 cm³/mol. The summed E-state index contributed by atoms with van der Waals surface area (Å²) in [4.78, 5) is 0. The molecule has 1 aromatic carbocycles. The molecule has 3 saturated carbocycles. The first kappa shape index (κ1) is 28.8. The summed E-state index contributed by atoms with van der Waals surface area (Å²) in [6, 6.07) is 5.91. The molecule has 0 saturated heterocycles. The van der Waals surface area contributed by atoms with Gasteiger partial charge in [-0.05, 0) is 136 Å². The highest BCUT2D eigenvalue weighted by Gasteiger charge is 2.60. The van der Waals surface area contributed by atoms with Gasteiger partial charge in [-0.2, -0.15) is 0 Å². The van der Waals surface area contributed by atoms with Crippen molar-refractivity contribution in [2.75, 3.05) is 11.5 Å². The molecule has 4 aliphatic carbocycles.